The third kappa shape index (κ3) is 2.96. The average Bonchev–Trinajstić information content (AvgIpc) is 2.79. The molecule has 1 fully saturated rings. The van der Waals surface area contributed by atoms with Crippen LogP contribution in [0.15, 0.2) is 6.07 Å². The van der Waals surface area contributed by atoms with Gasteiger partial charge in [-0.05, 0) is 25.0 Å². The van der Waals surface area contributed by atoms with E-state index in [1.165, 1.54) is 16.9 Å². The number of amides is 1. The van der Waals surface area contributed by atoms with Gasteiger partial charge in [-0.25, -0.2) is 4.79 Å². The molecule has 2 rings (SSSR count). The summed E-state index contributed by atoms with van der Waals surface area (Å²) in [5.41, 5.74) is 1.18. The molecule has 1 aliphatic heterocycles. The molecule has 1 amide bonds. The molecule has 0 spiro atoms. The molecule has 2 heterocycles. The van der Waals surface area contributed by atoms with Crippen molar-refractivity contribution in [2.45, 2.75) is 26.4 Å². The Kier molecular flexibility index (Phi) is 4.21. The molecule has 1 atom stereocenters. The van der Waals surface area contributed by atoms with Crippen molar-refractivity contribution in [3.63, 3.8) is 0 Å². The first kappa shape index (κ1) is 14.0. The topological polar surface area (TPSA) is 66.8 Å². The number of carboxylic acids is 1. The molecule has 6 heteroatoms. The zero-order valence-corrected chi connectivity index (χ0v) is 11.8. The number of nitrogens with zero attached hydrogens (tertiary/aromatic N) is 1. The van der Waals surface area contributed by atoms with Crippen LogP contribution < -0.4 is 0 Å². The molecule has 0 saturated carbocycles. The van der Waals surface area contributed by atoms with Crippen LogP contribution in [0.2, 0.25) is 0 Å². The number of carbonyl (C=O) groups is 2. The van der Waals surface area contributed by atoms with Crippen molar-refractivity contribution < 1.29 is 19.4 Å². The maximum absolute atomic E-state index is 12.3. The highest BCUT2D eigenvalue weighted by molar-refractivity contribution is 7.14. The van der Waals surface area contributed by atoms with E-state index in [2.05, 4.69) is 6.92 Å². The van der Waals surface area contributed by atoms with Gasteiger partial charge < -0.3 is 14.7 Å². The lowest BCUT2D eigenvalue weighted by molar-refractivity contribution is -0.154. The van der Waals surface area contributed by atoms with Gasteiger partial charge in [0.1, 0.15) is 0 Å². The van der Waals surface area contributed by atoms with Crippen LogP contribution in [0.3, 0.4) is 0 Å². The van der Waals surface area contributed by atoms with Crippen LogP contribution >= 0.6 is 11.3 Å². The summed E-state index contributed by atoms with van der Waals surface area (Å²) in [6.45, 7) is 4.89. The van der Waals surface area contributed by atoms with Gasteiger partial charge in [-0.1, -0.05) is 6.92 Å². The number of ether oxygens (including phenoxy) is 1. The molecule has 1 aromatic heterocycles. The van der Waals surface area contributed by atoms with Gasteiger partial charge in [0.15, 0.2) is 6.10 Å². The summed E-state index contributed by atoms with van der Waals surface area (Å²) in [4.78, 5) is 26.6. The zero-order valence-electron chi connectivity index (χ0n) is 11.0. The lowest BCUT2D eigenvalue weighted by Gasteiger charge is -2.30. The maximum Gasteiger partial charge on any atom is 0.334 e. The van der Waals surface area contributed by atoms with Crippen molar-refractivity contribution in [3.05, 3.63) is 21.4 Å². The Balaban J connectivity index is 2.12. The van der Waals surface area contributed by atoms with Crippen molar-refractivity contribution in [3.8, 4) is 0 Å². The standard InChI is InChI=1S/C13H17NO4S/c1-3-9-6-11(19-8(9)2)12(15)14-4-5-18-10(7-14)13(16)17/h6,10H,3-5,7H2,1-2H3,(H,16,17)/t10-/m1/s1. The average molecular weight is 283 g/mol. The third-order valence-corrected chi connectivity index (χ3v) is 4.32. The van der Waals surface area contributed by atoms with E-state index in [0.29, 0.717) is 11.4 Å². The lowest BCUT2D eigenvalue weighted by atomic mass is 10.2. The molecule has 1 N–H and O–H groups in total. The van der Waals surface area contributed by atoms with E-state index >= 15 is 0 Å². The quantitative estimate of drug-likeness (QED) is 0.914. The van der Waals surface area contributed by atoms with E-state index in [1.54, 1.807) is 4.90 Å². The lowest BCUT2D eigenvalue weighted by Crippen LogP contribution is -2.48. The second kappa shape index (κ2) is 5.71. The van der Waals surface area contributed by atoms with Crippen molar-refractivity contribution in [2.24, 2.45) is 0 Å². The fourth-order valence-electron chi connectivity index (χ4n) is 2.12. The highest BCUT2D eigenvalue weighted by Crippen LogP contribution is 2.24. The molecular formula is C13H17NO4S. The second-order valence-corrected chi connectivity index (χ2v) is 5.75. The summed E-state index contributed by atoms with van der Waals surface area (Å²) in [6.07, 6.45) is -0.0133. The number of aryl methyl sites for hydroxylation is 2. The summed E-state index contributed by atoms with van der Waals surface area (Å²) in [6, 6.07) is 1.91. The Morgan fingerprint density at radius 3 is 2.89 bits per heavy atom. The van der Waals surface area contributed by atoms with E-state index < -0.39 is 12.1 Å². The van der Waals surface area contributed by atoms with Crippen LogP contribution in [0, 0.1) is 6.92 Å². The van der Waals surface area contributed by atoms with Crippen molar-refractivity contribution >= 4 is 23.2 Å². The van der Waals surface area contributed by atoms with E-state index in [1.807, 2.05) is 13.0 Å². The highest BCUT2D eigenvalue weighted by atomic mass is 32.1. The molecule has 1 aromatic rings. The molecule has 1 aliphatic rings. The Hall–Kier alpha value is -1.40. The Bertz CT molecular complexity index is 497. The smallest absolute Gasteiger partial charge is 0.334 e. The SMILES string of the molecule is CCc1cc(C(=O)N2CCO[C@@H](C(=O)O)C2)sc1C. The Morgan fingerprint density at radius 1 is 1.58 bits per heavy atom. The zero-order chi connectivity index (χ0) is 14.0. The summed E-state index contributed by atoms with van der Waals surface area (Å²) in [5, 5.41) is 8.93. The van der Waals surface area contributed by atoms with Gasteiger partial charge in [0.25, 0.3) is 5.91 Å². The van der Waals surface area contributed by atoms with Gasteiger partial charge >= 0.3 is 5.97 Å². The van der Waals surface area contributed by atoms with E-state index in [9.17, 15) is 9.59 Å². The van der Waals surface area contributed by atoms with E-state index in [0.717, 1.165) is 11.3 Å². The van der Waals surface area contributed by atoms with Crippen LogP contribution in [0.1, 0.15) is 27.0 Å². The molecule has 0 aliphatic carbocycles. The minimum Gasteiger partial charge on any atom is -0.479 e. The van der Waals surface area contributed by atoms with Crippen LogP contribution in [-0.2, 0) is 16.0 Å². The van der Waals surface area contributed by atoms with Crippen LogP contribution in [0.25, 0.3) is 0 Å². The minimum atomic E-state index is -1.02. The summed E-state index contributed by atoms with van der Waals surface area (Å²) >= 11 is 1.47. The molecule has 5 nitrogen and oxygen atoms in total. The number of thiophene rings is 1. The normalized spacial score (nSPS) is 19.5. The first-order valence-electron chi connectivity index (χ1n) is 6.26. The molecule has 104 valence electrons. The number of aliphatic carboxylic acids is 1. The summed E-state index contributed by atoms with van der Waals surface area (Å²) < 4.78 is 5.12. The summed E-state index contributed by atoms with van der Waals surface area (Å²) in [7, 11) is 0. The van der Waals surface area contributed by atoms with E-state index in [-0.39, 0.29) is 19.1 Å². The predicted octanol–water partition coefficient (Wildman–Crippen LogP) is 1.54. The molecule has 0 aromatic carbocycles. The van der Waals surface area contributed by atoms with Crippen molar-refractivity contribution in [2.75, 3.05) is 19.7 Å². The van der Waals surface area contributed by atoms with Gasteiger partial charge in [0.05, 0.1) is 18.0 Å². The Morgan fingerprint density at radius 2 is 2.32 bits per heavy atom. The van der Waals surface area contributed by atoms with Crippen LogP contribution in [0.4, 0.5) is 0 Å². The maximum atomic E-state index is 12.3. The van der Waals surface area contributed by atoms with Crippen LogP contribution in [0.5, 0.6) is 0 Å². The Labute approximate surface area is 115 Å². The van der Waals surface area contributed by atoms with Gasteiger partial charge in [-0.2, -0.15) is 0 Å². The first-order valence-corrected chi connectivity index (χ1v) is 7.07. The van der Waals surface area contributed by atoms with Gasteiger partial charge in [0.2, 0.25) is 0 Å². The van der Waals surface area contributed by atoms with Gasteiger partial charge in [-0.15, -0.1) is 11.3 Å². The molecule has 0 radical (unpaired) electrons. The summed E-state index contributed by atoms with van der Waals surface area (Å²) in [5.74, 6) is -1.11. The molecular weight excluding hydrogens is 266 g/mol. The van der Waals surface area contributed by atoms with Crippen molar-refractivity contribution in [1.29, 1.82) is 0 Å². The molecule has 1 saturated heterocycles. The number of morpholine rings is 1. The van der Waals surface area contributed by atoms with E-state index in [4.69, 9.17) is 9.84 Å². The number of hydrogen-bond donors (Lipinski definition) is 1. The highest BCUT2D eigenvalue weighted by Gasteiger charge is 2.30. The van der Waals surface area contributed by atoms with Gasteiger partial charge in [-0.3, -0.25) is 4.79 Å². The number of hydrogen-bond acceptors (Lipinski definition) is 4. The fraction of sp³-hybridized carbons (Fsp3) is 0.538. The number of carboxylic acid groups (broad SMARTS) is 1. The van der Waals surface area contributed by atoms with Crippen LogP contribution in [-0.4, -0.2) is 47.7 Å². The second-order valence-electron chi connectivity index (χ2n) is 4.49. The van der Waals surface area contributed by atoms with Crippen molar-refractivity contribution in [1.82, 2.24) is 4.90 Å². The first-order chi connectivity index (χ1) is 9.02. The molecule has 0 bridgehead atoms. The minimum absolute atomic E-state index is 0.0950. The van der Waals surface area contributed by atoms with Gasteiger partial charge in [0, 0.05) is 11.4 Å². The monoisotopic (exact) mass is 283 g/mol. The largest absolute Gasteiger partial charge is 0.479 e. The number of rotatable bonds is 3. The molecule has 0 unspecified atom stereocenters. The fourth-order valence-corrected chi connectivity index (χ4v) is 3.20. The molecule has 19 heavy (non-hydrogen) atoms. The third-order valence-electron chi connectivity index (χ3n) is 3.24. The predicted molar refractivity (Wildman–Crippen MR) is 71.7 cm³/mol. The number of carbonyl (C=O) groups excluding carboxylic acids is 1.